The van der Waals surface area contributed by atoms with Crippen molar-refractivity contribution in [2.75, 3.05) is 26.2 Å². The minimum Gasteiger partial charge on any atom is -0.337 e. The van der Waals surface area contributed by atoms with Crippen LogP contribution in [0.2, 0.25) is 0 Å². The molecule has 1 saturated heterocycles. The summed E-state index contributed by atoms with van der Waals surface area (Å²) in [7, 11) is 0. The molecule has 2 aliphatic rings. The summed E-state index contributed by atoms with van der Waals surface area (Å²) in [4.78, 5) is 17.7. The summed E-state index contributed by atoms with van der Waals surface area (Å²) in [6.07, 6.45) is 7.78. The van der Waals surface area contributed by atoms with E-state index in [4.69, 9.17) is 0 Å². The number of nitrogens with zero attached hydrogens (tertiary/aromatic N) is 6. The van der Waals surface area contributed by atoms with Crippen molar-refractivity contribution in [2.24, 2.45) is 0 Å². The summed E-state index contributed by atoms with van der Waals surface area (Å²) in [6.45, 7) is 5.59. The Kier molecular flexibility index (Phi) is 5.48. The van der Waals surface area contributed by atoms with Crippen molar-refractivity contribution in [1.29, 1.82) is 0 Å². The second kappa shape index (κ2) is 8.17. The molecule has 27 heavy (non-hydrogen) atoms. The lowest BCUT2D eigenvalue weighted by molar-refractivity contribution is 0.0755. The van der Waals surface area contributed by atoms with E-state index in [0.717, 1.165) is 44.3 Å². The van der Waals surface area contributed by atoms with Crippen LogP contribution in [0.1, 0.15) is 54.7 Å². The molecule has 7 nitrogen and oxygen atoms in total. The summed E-state index contributed by atoms with van der Waals surface area (Å²) in [5, 5.41) is 11.6. The Balaban J connectivity index is 1.44. The predicted molar refractivity (Wildman–Crippen MR) is 103 cm³/mol. The van der Waals surface area contributed by atoms with E-state index in [2.05, 4.69) is 20.4 Å². The molecule has 1 saturated carbocycles. The molecule has 0 radical (unpaired) electrons. The van der Waals surface area contributed by atoms with Crippen molar-refractivity contribution < 1.29 is 4.79 Å². The normalized spacial score (nSPS) is 19.8. The lowest BCUT2D eigenvalue weighted by atomic mass is 9.94. The number of hydrogen-bond acceptors (Lipinski definition) is 5. The monoisotopic (exact) mass is 368 g/mol. The molecule has 1 aliphatic carbocycles. The van der Waals surface area contributed by atoms with E-state index in [1.165, 1.54) is 32.1 Å². The Bertz CT molecular complexity index is 782. The van der Waals surface area contributed by atoms with Gasteiger partial charge in [0.1, 0.15) is 0 Å². The van der Waals surface area contributed by atoms with Crippen LogP contribution < -0.4 is 0 Å². The zero-order valence-electron chi connectivity index (χ0n) is 16.0. The van der Waals surface area contributed by atoms with E-state index in [1.807, 2.05) is 36.1 Å². The van der Waals surface area contributed by atoms with Crippen LogP contribution in [0.15, 0.2) is 24.3 Å². The molecular formula is C20H28N6O. The number of tetrazole rings is 1. The van der Waals surface area contributed by atoms with Crippen molar-refractivity contribution in [3.05, 3.63) is 35.7 Å². The first-order chi connectivity index (χ1) is 13.2. The first kappa shape index (κ1) is 18.1. The van der Waals surface area contributed by atoms with Crippen molar-refractivity contribution in [3.63, 3.8) is 0 Å². The van der Waals surface area contributed by atoms with Gasteiger partial charge in [0, 0.05) is 37.8 Å². The Morgan fingerprint density at radius 3 is 2.67 bits per heavy atom. The Labute approximate surface area is 160 Å². The van der Waals surface area contributed by atoms with Crippen LogP contribution in [0, 0.1) is 6.92 Å². The second-order valence-electron chi connectivity index (χ2n) is 7.66. The Morgan fingerprint density at radius 2 is 1.89 bits per heavy atom. The summed E-state index contributed by atoms with van der Waals surface area (Å²) in [6, 6.07) is 8.31. The van der Waals surface area contributed by atoms with Crippen LogP contribution in [0.4, 0.5) is 0 Å². The quantitative estimate of drug-likeness (QED) is 0.832. The van der Waals surface area contributed by atoms with Gasteiger partial charge in [-0.15, -0.1) is 5.10 Å². The molecule has 1 aromatic heterocycles. The van der Waals surface area contributed by atoms with E-state index in [9.17, 15) is 4.79 Å². The van der Waals surface area contributed by atoms with Gasteiger partial charge in [-0.25, -0.2) is 0 Å². The van der Waals surface area contributed by atoms with Gasteiger partial charge in [-0.1, -0.05) is 25.3 Å². The Morgan fingerprint density at radius 1 is 1.04 bits per heavy atom. The number of carbonyl (C=O) groups is 1. The number of carbonyl (C=O) groups excluding carboxylic acids is 1. The van der Waals surface area contributed by atoms with Crippen molar-refractivity contribution >= 4 is 5.91 Å². The second-order valence-corrected chi connectivity index (χ2v) is 7.66. The average Bonchev–Trinajstić information content (AvgIpc) is 3.00. The van der Waals surface area contributed by atoms with Crippen LogP contribution in [0.5, 0.6) is 0 Å². The first-order valence-electron chi connectivity index (χ1n) is 10.1. The molecule has 2 fully saturated rings. The highest BCUT2D eigenvalue weighted by molar-refractivity contribution is 5.94. The summed E-state index contributed by atoms with van der Waals surface area (Å²) < 4.78 is 1.66. The van der Waals surface area contributed by atoms with Crippen molar-refractivity contribution in [2.45, 2.75) is 51.5 Å². The van der Waals surface area contributed by atoms with Crippen LogP contribution in [0.3, 0.4) is 0 Å². The molecule has 1 amide bonds. The lowest BCUT2D eigenvalue weighted by Crippen LogP contribution is -2.40. The number of hydrogen-bond donors (Lipinski definition) is 0. The molecule has 1 aromatic carbocycles. The molecule has 0 bridgehead atoms. The lowest BCUT2D eigenvalue weighted by Gasteiger charge is -2.33. The number of amides is 1. The largest absolute Gasteiger partial charge is 0.337 e. The zero-order chi connectivity index (χ0) is 18.6. The fourth-order valence-electron chi connectivity index (χ4n) is 4.38. The average molecular weight is 368 g/mol. The molecule has 144 valence electrons. The minimum absolute atomic E-state index is 0.105. The van der Waals surface area contributed by atoms with E-state index in [1.54, 1.807) is 4.68 Å². The number of benzene rings is 1. The van der Waals surface area contributed by atoms with Crippen LogP contribution >= 0.6 is 0 Å². The van der Waals surface area contributed by atoms with Crippen LogP contribution in [-0.2, 0) is 0 Å². The summed E-state index contributed by atoms with van der Waals surface area (Å²) in [5.74, 6) is 0.811. The maximum atomic E-state index is 13.1. The molecule has 7 heteroatoms. The van der Waals surface area contributed by atoms with Gasteiger partial charge in [0.2, 0.25) is 0 Å². The fourth-order valence-corrected chi connectivity index (χ4v) is 4.38. The summed E-state index contributed by atoms with van der Waals surface area (Å²) in [5.41, 5.74) is 1.52. The van der Waals surface area contributed by atoms with Crippen LogP contribution in [0.25, 0.3) is 5.69 Å². The van der Waals surface area contributed by atoms with Gasteiger partial charge >= 0.3 is 0 Å². The van der Waals surface area contributed by atoms with Crippen molar-refractivity contribution in [1.82, 2.24) is 30.0 Å². The SMILES string of the molecule is Cc1nnnn1-c1cccc(C(=O)N2CCCN(C3CCCCC3)CC2)c1. The van der Waals surface area contributed by atoms with Gasteiger partial charge in [-0.3, -0.25) is 9.69 Å². The van der Waals surface area contributed by atoms with Gasteiger partial charge in [0.15, 0.2) is 5.82 Å². The van der Waals surface area contributed by atoms with Gasteiger partial charge in [0.05, 0.1) is 5.69 Å². The van der Waals surface area contributed by atoms with Crippen molar-refractivity contribution in [3.8, 4) is 5.69 Å². The highest BCUT2D eigenvalue weighted by Gasteiger charge is 2.25. The maximum Gasteiger partial charge on any atom is 0.253 e. The van der Waals surface area contributed by atoms with E-state index in [-0.39, 0.29) is 5.91 Å². The molecule has 1 aliphatic heterocycles. The molecule has 0 unspecified atom stereocenters. The summed E-state index contributed by atoms with van der Waals surface area (Å²) >= 11 is 0. The molecule has 4 rings (SSSR count). The molecule has 0 N–H and O–H groups in total. The van der Waals surface area contributed by atoms with Crippen LogP contribution in [-0.4, -0.2) is 68.1 Å². The predicted octanol–water partition coefficient (Wildman–Crippen LogP) is 2.45. The number of aromatic nitrogens is 4. The van der Waals surface area contributed by atoms with E-state index >= 15 is 0 Å². The van der Waals surface area contributed by atoms with E-state index in [0.29, 0.717) is 11.4 Å². The molecule has 2 aromatic rings. The van der Waals surface area contributed by atoms with Gasteiger partial charge in [0.25, 0.3) is 5.91 Å². The smallest absolute Gasteiger partial charge is 0.253 e. The number of rotatable bonds is 3. The molecule has 0 atom stereocenters. The highest BCUT2D eigenvalue weighted by atomic mass is 16.2. The van der Waals surface area contributed by atoms with Gasteiger partial charge in [-0.05, 0) is 54.8 Å². The highest BCUT2D eigenvalue weighted by Crippen LogP contribution is 2.24. The first-order valence-corrected chi connectivity index (χ1v) is 10.1. The molecule has 0 spiro atoms. The molecule has 2 heterocycles. The zero-order valence-corrected chi connectivity index (χ0v) is 16.0. The minimum atomic E-state index is 0.105. The topological polar surface area (TPSA) is 67.2 Å². The third-order valence-corrected chi connectivity index (χ3v) is 5.87. The number of aryl methyl sites for hydroxylation is 1. The van der Waals surface area contributed by atoms with Gasteiger partial charge in [-0.2, -0.15) is 4.68 Å². The van der Waals surface area contributed by atoms with Gasteiger partial charge < -0.3 is 4.90 Å². The fraction of sp³-hybridized carbons (Fsp3) is 0.600. The standard InChI is InChI=1S/C20H28N6O/c1-16-21-22-23-26(16)19-10-5-7-17(15-19)20(27)25-12-6-11-24(13-14-25)18-8-3-2-4-9-18/h5,7,10,15,18H,2-4,6,8-9,11-14H2,1H3. The Hall–Kier alpha value is -2.28. The third-order valence-electron chi connectivity index (χ3n) is 5.87. The maximum absolute atomic E-state index is 13.1. The third kappa shape index (κ3) is 4.03. The van der Waals surface area contributed by atoms with E-state index < -0.39 is 0 Å². The molecular weight excluding hydrogens is 340 g/mol.